The van der Waals surface area contributed by atoms with E-state index in [1.165, 1.54) is 16.7 Å². The van der Waals surface area contributed by atoms with E-state index >= 15 is 0 Å². The van der Waals surface area contributed by atoms with Gasteiger partial charge in [-0.3, -0.25) is 10.4 Å². The molecule has 5 heteroatoms. The van der Waals surface area contributed by atoms with Crippen LogP contribution in [0, 0.1) is 6.92 Å². The lowest BCUT2D eigenvalue weighted by Gasteiger charge is -1.97. The highest BCUT2D eigenvalue weighted by Gasteiger charge is 1.94. The van der Waals surface area contributed by atoms with Gasteiger partial charge in [-0.2, -0.15) is 5.10 Å². The third kappa shape index (κ3) is 6.63. The van der Waals surface area contributed by atoms with Gasteiger partial charge in [-0.15, -0.1) is 0 Å². The van der Waals surface area contributed by atoms with Crippen LogP contribution in [0.3, 0.4) is 0 Å². The quantitative estimate of drug-likeness (QED) is 0.516. The van der Waals surface area contributed by atoms with E-state index in [-0.39, 0.29) is 0 Å². The molecule has 2 aromatic rings. The molecule has 0 radical (unpaired) electrons. The lowest BCUT2D eigenvalue weighted by molar-refractivity contribution is 1.06. The molecule has 0 saturated heterocycles. The van der Waals surface area contributed by atoms with Gasteiger partial charge in [-0.25, -0.2) is 0 Å². The van der Waals surface area contributed by atoms with Crippen molar-refractivity contribution < 1.29 is 0 Å². The van der Waals surface area contributed by atoms with E-state index in [2.05, 4.69) is 64.2 Å². The Morgan fingerprint density at radius 1 is 1.19 bits per heavy atom. The minimum Gasteiger partial charge on any atom is -0.388 e. The summed E-state index contributed by atoms with van der Waals surface area (Å²) in [5, 5.41) is 7.01. The highest BCUT2D eigenvalue weighted by Crippen LogP contribution is 2.06. The number of rotatable bonds is 4. The van der Waals surface area contributed by atoms with Gasteiger partial charge in [-0.1, -0.05) is 36.0 Å². The fraction of sp³-hybridized carbons (Fsp3) is 0.188. The second-order valence-electron chi connectivity index (χ2n) is 4.28. The third-order valence-electron chi connectivity index (χ3n) is 2.66. The van der Waals surface area contributed by atoms with Gasteiger partial charge in [0.05, 0.1) is 16.9 Å². The number of pyridine rings is 1. The fourth-order valence-electron chi connectivity index (χ4n) is 1.48. The Kier molecular flexibility index (Phi) is 7.68. The van der Waals surface area contributed by atoms with Crippen molar-refractivity contribution in [2.24, 2.45) is 5.10 Å². The normalized spacial score (nSPS) is 10.1. The molecule has 0 amide bonds. The highest BCUT2D eigenvalue weighted by atomic mass is 32.1. The van der Waals surface area contributed by atoms with Crippen molar-refractivity contribution in [3.63, 3.8) is 0 Å². The average Bonchev–Trinajstić information content (AvgIpc) is 2.55. The summed E-state index contributed by atoms with van der Waals surface area (Å²) in [4.78, 5) is 4.11. The molecule has 0 saturated carbocycles. The van der Waals surface area contributed by atoms with Crippen molar-refractivity contribution in [3.05, 3.63) is 59.9 Å². The van der Waals surface area contributed by atoms with Gasteiger partial charge in [0.25, 0.3) is 0 Å². The van der Waals surface area contributed by atoms with Crippen LogP contribution in [0.5, 0.6) is 0 Å². The summed E-state index contributed by atoms with van der Waals surface area (Å²) in [7, 11) is 1.92. The van der Waals surface area contributed by atoms with Crippen molar-refractivity contribution >= 4 is 29.1 Å². The molecular weight excluding hydrogens is 280 g/mol. The SMILES string of the molecule is CC(=NNC=S)c1ccccn1.CNc1ccc(C)cc1. The van der Waals surface area contributed by atoms with E-state index in [0.717, 1.165) is 11.4 Å². The molecule has 0 aliphatic rings. The van der Waals surface area contributed by atoms with Crippen LogP contribution in [0.2, 0.25) is 0 Å². The van der Waals surface area contributed by atoms with Gasteiger partial charge >= 0.3 is 0 Å². The van der Waals surface area contributed by atoms with Crippen LogP contribution < -0.4 is 10.7 Å². The number of aromatic nitrogens is 1. The molecule has 1 heterocycles. The Balaban J connectivity index is 0.000000219. The minimum absolute atomic E-state index is 0.816. The van der Waals surface area contributed by atoms with Gasteiger partial charge in [0.1, 0.15) is 0 Å². The molecular formula is C16H20N4S. The second kappa shape index (κ2) is 9.61. The van der Waals surface area contributed by atoms with E-state index in [0.29, 0.717) is 0 Å². The summed E-state index contributed by atoms with van der Waals surface area (Å²) >= 11 is 4.56. The fourth-order valence-corrected chi connectivity index (χ4v) is 1.53. The molecule has 4 nitrogen and oxygen atoms in total. The Morgan fingerprint density at radius 3 is 2.43 bits per heavy atom. The Morgan fingerprint density at radius 2 is 1.90 bits per heavy atom. The monoisotopic (exact) mass is 300 g/mol. The Hall–Kier alpha value is -2.27. The van der Waals surface area contributed by atoms with Crippen LogP contribution >= 0.6 is 12.2 Å². The Labute approximate surface area is 131 Å². The summed E-state index contributed by atoms with van der Waals surface area (Å²) in [6.07, 6.45) is 1.73. The predicted molar refractivity (Wildman–Crippen MR) is 94.0 cm³/mol. The lowest BCUT2D eigenvalue weighted by Crippen LogP contribution is -2.06. The number of anilines is 1. The zero-order valence-corrected chi connectivity index (χ0v) is 13.3. The van der Waals surface area contributed by atoms with Crippen molar-refractivity contribution in [1.82, 2.24) is 10.4 Å². The first kappa shape index (κ1) is 16.8. The molecule has 21 heavy (non-hydrogen) atoms. The van der Waals surface area contributed by atoms with Gasteiger partial charge in [0.15, 0.2) is 0 Å². The summed E-state index contributed by atoms with van der Waals surface area (Å²) in [5.41, 5.74) is 8.07. The molecule has 0 aliphatic heterocycles. The van der Waals surface area contributed by atoms with Gasteiger partial charge in [-0.05, 0) is 38.1 Å². The number of hydrogen-bond acceptors (Lipinski definition) is 4. The maximum atomic E-state index is 4.56. The largest absolute Gasteiger partial charge is 0.388 e. The third-order valence-corrected chi connectivity index (χ3v) is 2.77. The topological polar surface area (TPSA) is 49.3 Å². The number of benzene rings is 1. The summed E-state index contributed by atoms with van der Waals surface area (Å²) in [6, 6.07) is 14.0. The number of hydrazone groups is 1. The van der Waals surface area contributed by atoms with Crippen LogP contribution in [-0.4, -0.2) is 23.2 Å². The van der Waals surface area contributed by atoms with E-state index < -0.39 is 0 Å². The highest BCUT2D eigenvalue weighted by molar-refractivity contribution is 7.78. The van der Waals surface area contributed by atoms with Crippen LogP contribution in [0.1, 0.15) is 18.2 Å². The number of hydrogen-bond donors (Lipinski definition) is 2. The van der Waals surface area contributed by atoms with Crippen molar-refractivity contribution in [1.29, 1.82) is 0 Å². The predicted octanol–water partition coefficient (Wildman–Crippen LogP) is 3.39. The zero-order valence-electron chi connectivity index (χ0n) is 12.5. The zero-order chi connectivity index (χ0) is 15.5. The van der Waals surface area contributed by atoms with Crippen molar-refractivity contribution in [2.45, 2.75) is 13.8 Å². The number of nitrogens with zero attached hydrogens (tertiary/aromatic N) is 2. The molecule has 0 unspecified atom stereocenters. The molecule has 0 bridgehead atoms. The summed E-state index contributed by atoms with van der Waals surface area (Å²) in [5.74, 6) is 0. The summed E-state index contributed by atoms with van der Waals surface area (Å²) in [6.45, 7) is 3.95. The van der Waals surface area contributed by atoms with Gasteiger partial charge in [0.2, 0.25) is 0 Å². The average molecular weight is 300 g/mol. The molecule has 1 aromatic carbocycles. The first-order valence-electron chi connectivity index (χ1n) is 6.56. The molecule has 0 spiro atoms. The van der Waals surface area contributed by atoms with Crippen LogP contribution in [0.25, 0.3) is 0 Å². The van der Waals surface area contributed by atoms with Crippen LogP contribution in [0.4, 0.5) is 5.69 Å². The molecule has 2 rings (SSSR count). The molecule has 110 valence electrons. The second-order valence-corrected chi connectivity index (χ2v) is 4.51. The van der Waals surface area contributed by atoms with Crippen molar-refractivity contribution in [2.75, 3.05) is 12.4 Å². The first-order chi connectivity index (χ1) is 10.2. The lowest BCUT2D eigenvalue weighted by atomic mass is 10.2. The molecule has 0 aliphatic carbocycles. The number of aryl methyl sites for hydroxylation is 1. The Bertz CT molecular complexity index is 565. The van der Waals surface area contributed by atoms with E-state index in [9.17, 15) is 0 Å². The molecule has 0 atom stereocenters. The van der Waals surface area contributed by atoms with Gasteiger partial charge < -0.3 is 5.32 Å². The van der Waals surface area contributed by atoms with Crippen LogP contribution in [-0.2, 0) is 0 Å². The standard InChI is InChI=1S/C8H9N3S.C8H11N/c1-7(11-10-6-12)8-4-2-3-5-9-8;1-7-3-5-8(9-2)6-4-7/h2-6H,1H3,(H,10,12);3-6,9H,1-2H3. The minimum atomic E-state index is 0.816. The van der Waals surface area contributed by atoms with Crippen molar-refractivity contribution in [3.8, 4) is 0 Å². The maximum Gasteiger partial charge on any atom is 0.0859 e. The van der Waals surface area contributed by atoms with E-state index in [1.807, 2.05) is 32.2 Å². The molecule has 2 N–H and O–H groups in total. The first-order valence-corrected chi connectivity index (χ1v) is 7.03. The van der Waals surface area contributed by atoms with E-state index in [1.54, 1.807) is 6.20 Å². The number of thiocarbonyl (C=S) groups is 1. The molecule has 0 fully saturated rings. The van der Waals surface area contributed by atoms with E-state index in [4.69, 9.17) is 0 Å². The summed E-state index contributed by atoms with van der Waals surface area (Å²) < 4.78 is 0. The smallest absolute Gasteiger partial charge is 0.0859 e. The molecule has 1 aromatic heterocycles. The van der Waals surface area contributed by atoms with Crippen LogP contribution in [0.15, 0.2) is 53.8 Å². The number of nitrogens with one attached hydrogen (secondary N) is 2. The maximum absolute atomic E-state index is 4.56. The van der Waals surface area contributed by atoms with Gasteiger partial charge in [0, 0.05) is 18.9 Å².